The van der Waals surface area contributed by atoms with Gasteiger partial charge in [-0.05, 0) is 35.5 Å². The van der Waals surface area contributed by atoms with Crippen LogP contribution in [0.5, 0.6) is 0 Å². The summed E-state index contributed by atoms with van der Waals surface area (Å²) in [5.41, 5.74) is 1.57. The molecule has 1 heterocycles. The number of rotatable bonds is 6. The quantitative estimate of drug-likeness (QED) is 0.480. The molecule has 0 saturated heterocycles. The summed E-state index contributed by atoms with van der Waals surface area (Å²) >= 11 is 6.62. The Morgan fingerprint density at radius 3 is 2.85 bits per heavy atom. The van der Waals surface area contributed by atoms with E-state index in [1.807, 2.05) is 5.38 Å². The topological polar surface area (TPSA) is 50.4 Å². The molecular formula is C14H20N2O2S2. The van der Waals surface area contributed by atoms with Crippen molar-refractivity contribution in [2.45, 2.75) is 20.3 Å². The highest BCUT2D eigenvalue weighted by atomic mass is 32.1. The number of methoxy groups -OCH3 is 1. The van der Waals surface area contributed by atoms with Crippen molar-refractivity contribution in [2.24, 2.45) is 5.92 Å². The van der Waals surface area contributed by atoms with Crippen LogP contribution < -0.4 is 10.6 Å². The van der Waals surface area contributed by atoms with Gasteiger partial charge in [0.05, 0.1) is 12.7 Å². The molecule has 0 saturated carbocycles. The van der Waals surface area contributed by atoms with Crippen molar-refractivity contribution in [1.82, 2.24) is 5.32 Å². The molecule has 1 rings (SSSR count). The zero-order valence-electron chi connectivity index (χ0n) is 12.0. The van der Waals surface area contributed by atoms with Crippen LogP contribution in [0.2, 0.25) is 0 Å². The number of esters is 1. The fourth-order valence-corrected chi connectivity index (χ4v) is 2.93. The second kappa shape index (κ2) is 8.01. The van der Waals surface area contributed by atoms with Gasteiger partial charge in [0.1, 0.15) is 5.00 Å². The minimum absolute atomic E-state index is 0.337. The van der Waals surface area contributed by atoms with Crippen LogP contribution in [0.4, 0.5) is 5.00 Å². The van der Waals surface area contributed by atoms with E-state index in [0.717, 1.165) is 12.0 Å². The van der Waals surface area contributed by atoms with Gasteiger partial charge in [-0.3, -0.25) is 0 Å². The normalized spacial score (nSPS) is 10.2. The monoisotopic (exact) mass is 312 g/mol. The van der Waals surface area contributed by atoms with Crippen molar-refractivity contribution >= 4 is 39.6 Å². The van der Waals surface area contributed by atoms with Crippen LogP contribution in [0.1, 0.15) is 29.8 Å². The maximum absolute atomic E-state index is 12.0. The van der Waals surface area contributed by atoms with Gasteiger partial charge >= 0.3 is 5.97 Å². The van der Waals surface area contributed by atoms with Gasteiger partial charge in [-0.2, -0.15) is 0 Å². The highest BCUT2D eigenvalue weighted by Gasteiger charge is 2.20. The van der Waals surface area contributed by atoms with Crippen molar-refractivity contribution in [1.29, 1.82) is 0 Å². The molecule has 4 nitrogen and oxygen atoms in total. The molecular weight excluding hydrogens is 292 g/mol. The van der Waals surface area contributed by atoms with Crippen LogP contribution >= 0.6 is 23.6 Å². The second-order valence-electron chi connectivity index (χ2n) is 4.68. The first-order valence-corrected chi connectivity index (χ1v) is 7.62. The van der Waals surface area contributed by atoms with Crippen molar-refractivity contribution in [3.63, 3.8) is 0 Å². The molecule has 1 aromatic heterocycles. The first kappa shape index (κ1) is 16.7. The lowest BCUT2D eigenvalue weighted by Crippen LogP contribution is -2.28. The molecule has 0 fully saturated rings. The van der Waals surface area contributed by atoms with E-state index < -0.39 is 0 Å². The van der Waals surface area contributed by atoms with Crippen molar-refractivity contribution in [3.05, 3.63) is 29.2 Å². The van der Waals surface area contributed by atoms with E-state index >= 15 is 0 Å². The summed E-state index contributed by atoms with van der Waals surface area (Å²) in [7, 11) is 1.39. The smallest absolute Gasteiger partial charge is 0.341 e. The third kappa shape index (κ3) is 4.61. The van der Waals surface area contributed by atoms with Crippen LogP contribution in [-0.4, -0.2) is 24.7 Å². The predicted octanol–water partition coefficient (Wildman–Crippen LogP) is 3.21. The molecule has 0 radical (unpaired) electrons. The van der Waals surface area contributed by atoms with E-state index in [0.29, 0.717) is 28.1 Å². The van der Waals surface area contributed by atoms with Gasteiger partial charge in [-0.15, -0.1) is 17.9 Å². The molecule has 0 atom stereocenters. The van der Waals surface area contributed by atoms with E-state index in [9.17, 15) is 4.79 Å². The maximum atomic E-state index is 12.0. The summed E-state index contributed by atoms with van der Waals surface area (Å²) in [5.74, 6) is 0.127. The highest BCUT2D eigenvalue weighted by molar-refractivity contribution is 7.80. The number of nitrogens with one attached hydrogen (secondary N) is 2. The Hall–Kier alpha value is -1.40. The van der Waals surface area contributed by atoms with E-state index in [2.05, 4.69) is 31.1 Å². The number of thiophene rings is 1. The predicted molar refractivity (Wildman–Crippen MR) is 88.6 cm³/mol. The molecule has 0 aliphatic rings. The van der Waals surface area contributed by atoms with E-state index in [1.54, 1.807) is 6.08 Å². The average Bonchev–Trinajstić information content (AvgIpc) is 2.77. The molecule has 20 heavy (non-hydrogen) atoms. The molecule has 0 aliphatic carbocycles. The fraction of sp³-hybridized carbons (Fsp3) is 0.429. The number of carbonyl (C=O) groups is 1. The number of ether oxygens (including phenoxy) is 1. The van der Waals surface area contributed by atoms with Gasteiger partial charge in [0.25, 0.3) is 0 Å². The molecule has 0 unspecified atom stereocenters. The lowest BCUT2D eigenvalue weighted by atomic mass is 10.0. The van der Waals surface area contributed by atoms with Crippen molar-refractivity contribution < 1.29 is 9.53 Å². The number of thiocarbonyl (C=S) groups is 1. The molecule has 0 aromatic carbocycles. The molecule has 1 aromatic rings. The third-order valence-electron chi connectivity index (χ3n) is 2.52. The Morgan fingerprint density at radius 1 is 1.60 bits per heavy atom. The Balaban J connectivity index is 2.95. The minimum atomic E-state index is -0.337. The van der Waals surface area contributed by atoms with Crippen LogP contribution in [0, 0.1) is 5.92 Å². The summed E-state index contributed by atoms with van der Waals surface area (Å²) in [6.45, 7) is 8.41. The fourth-order valence-electron chi connectivity index (χ4n) is 1.71. The molecule has 0 amide bonds. The largest absolute Gasteiger partial charge is 0.465 e. The van der Waals surface area contributed by atoms with Gasteiger partial charge in [0.15, 0.2) is 5.11 Å². The van der Waals surface area contributed by atoms with Crippen molar-refractivity contribution in [3.8, 4) is 0 Å². The summed E-state index contributed by atoms with van der Waals surface area (Å²) < 4.78 is 4.87. The zero-order valence-corrected chi connectivity index (χ0v) is 13.6. The van der Waals surface area contributed by atoms with E-state index in [4.69, 9.17) is 17.0 Å². The van der Waals surface area contributed by atoms with Gasteiger partial charge < -0.3 is 15.4 Å². The molecule has 0 bridgehead atoms. The van der Waals surface area contributed by atoms with Crippen LogP contribution in [-0.2, 0) is 11.2 Å². The number of hydrogen-bond donors (Lipinski definition) is 2. The molecule has 2 N–H and O–H groups in total. The Morgan fingerprint density at radius 2 is 2.30 bits per heavy atom. The maximum Gasteiger partial charge on any atom is 0.341 e. The second-order valence-corrected chi connectivity index (χ2v) is 5.97. The Kier molecular flexibility index (Phi) is 6.67. The molecule has 110 valence electrons. The standard InChI is InChI=1S/C14H20N2O2S2/c1-5-6-15-14(19)16-12-11(13(17)18-4)10(8-20-12)7-9(2)3/h5,8-9H,1,6-7H2,2-4H3,(H2,15,16,19). The zero-order chi connectivity index (χ0) is 15.1. The summed E-state index contributed by atoms with van der Waals surface area (Å²) in [6.07, 6.45) is 2.54. The molecule has 6 heteroatoms. The van der Waals surface area contributed by atoms with Gasteiger partial charge in [-0.25, -0.2) is 4.79 Å². The third-order valence-corrected chi connectivity index (χ3v) is 3.71. The first-order valence-electron chi connectivity index (χ1n) is 6.34. The average molecular weight is 312 g/mol. The first-order chi connectivity index (χ1) is 9.49. The van der Waals surface area contributed by atoms with Crippen LogP contribution in [0.3, 0.4) is 0 Å². The summed E-state index contributed by atoms with van der Waals surface area (Å²) in [6, 6.07) is 0. The van der Waals surface area contributed by atoms with Crippen molar-refractivity contribution in [2.75, 3.05) is 19.0 Å². The Labute approximate surface area is 129 Å². The summed E-state index contributed by atoms with van der Waals surface area (Å²) in [4.78, 5) is 12.0. The SMILES string of the molecule is C=CCNC(=S)Nc1scc(CC(C)C)c1C(=O)OC. The lowest BCUT2D eigenvalue weighted by molar-refractivity contribution is 0.0601. The Bertz CT molecular complexity index is 495. The molecule has 0 spiro atoms. The van der Waals surface area contributed by atoms with E-state index in [-0.39, 0.29) is 5.97 Å². The number of anilines is 1. The van der Waals surface area contributed by atoms with Gasteiger partial charge in [0.2, 0.25) is 0 Å². The van der Waals surface area contributed by atoms with Crippen LogP contribution in [0.25, 0.3) is 0 Å². The van der Waals surface area contributed by atoms with Crippen LogP contribution in [0.15, 0.2) is 18.0 Å². The number of carbonyl (C=O) groups excluding carboxylic acids is 1. The minimum Gasteiger partial charge on any atom is -0.465 e. The summed E-state index contributed by atoms with van der Waals surface area (Å²) in [5, 5.41) is 9.18. The van der Waals surface area contributed by atoms with Gasteiger partial charge in [0, 0.05) is 6.54 Å². The highest BCUT2D eigenvalue weighted by Crippen LogP contribution is 2.30. The lowest BCUT2D eigenvalue weighted by Gasteiger charge is -2.10. The molecule has 0 aliphatic heterocycles. The number of hydrogen-bond acceptors (Lipinski definition) is 4. The van der Waals surface area contributed by atoms with E-state index in [1.165, 1.54) is 18.4 Å². The van der Waals surface area contributed by atoms with Gasteiger partial charge in [-0.1, -0.05) is 19.9 Å².